The van der Waals surface area contributed by atoms with Crippen LogP contribution in [0.25, 0.3) is 0 Å². The smallest absolute Gasteiger partial charge is 0.130 e. The van der Waals surface area contributed by atoms with Crippen molar-refractivity contribution in [2.75, 3.05) is 20.6 Å². The summed E-state index contributed by atoms with van der Waals surface area (Å²) in [5, 5.41) is 3.23. The van der Waals surface area contributed by atoms with Gasteiger partial charge in [0.2, 0.25) is 0 Å². The van der Waals surface area contributed by atoms with Crippen molar-refractivity contribution in [2.45, 2.75) is 32.4 Å². The summed E-state index contributed by atoms with van der Waals surface area (Å²) in [6, 6.07) is 3.85. The molecule has 0 aromatic heterocycles. The molecule has 1 rings (SSSR count). The van der Waals surface area contributed by atoms with Crippen LogP contribution in [0.5, 0.6) is 0 Å². The van der Waals surface area contributed by atoms with E-state index >= 15 is 0 Å². The van der Waals surface area contributed by atoms with Crippen LogP contribution in [0.15, 0.2) is 18.2 Å². The first kappa shape index (κ1) is 15.1. The van der Waals surface area contributed by atoms with E-state index in [0.717, 1.165) is 13.0 Å². The number of benzene rings is 1. The van der Waals surface area contributed by atoms with Gasteiger partial charge in [-0.2, -0.15) is 0 Å². The fourth-order valence-electron chi connectivity index (χ4n) is 1.97. The van der Waals surface area contributed by atoms with Gasteiger partial charge < -0.3 is 10.2 Å². The van der Waals surface area contributed by atoms with Crippen LogP contribution in [0.1, 0.15) is 31.9 Å². The Hall–Kier alpha value is -1.00. The van der Waals surface area contributed by atoms with Crippen molar-refractivity contribution in [3.05, 3.63) is 35.4 Å². The molecule has 0 spiro atoms. The number of hydrogen-bond acceptors (Lipinski definition) is 2. The van der Waals surface area contributed by atoms with Gasteiger partial charge in [-0.1, -0.05) is 6.07 Å². The van der Waals surface area contributed by atoms with Gasteiger partial charge in [0.25, 0.3) is 0 Å². The predicted molar refractivity (Wildman–Crippen MR) is 70.5 cm³/mol. The van der Waals surface area contributed by atoms with Gasteiger partial charge in [-0.25, -0.2) is 8.78 Å². The maximum atomic E-state index is 13.6. The van der Waals surface area contributed by atoms with Crippen LogP contribution in [-0.2, 0) is 0 Å². The quantitative estimate of drug-likeness (QED) is 0.842. The molecule has 1 N–H and O–H groups in total. The summed E-state index contributed by atoms with van der Waals surface area (Å²) in [6.45, 7) is 4.76. The summed E-state index contributed by atoms with van der Waals surface area (Å²) in [6.07, 6.45) is 0.938. The van der Waals surface area contributed by atoms with Gasteiger partial charge in [0, 0.05) is 17.6 Å². The summed E-state index contributed by atoms with van der Waals surface area (Å²) in [4.78, 5) is 2.09. The van der Waals surface area contributed by atoms with E-state index in [1.807, 2.05) is 21.0 Å². The molecule has 4 heteroatoms. The molecule has 0 aliphatic carbocycles. The minimum absolute atomic E-state index is 0.120. The van der Waals surface area contributed by atoms with Crippen molar-refractivity contribution in [3.8, 4) is 0 Å². The zero-order chi connectivity index (χ0) is 13.7. The normalized spacial score (nSPS) is 14.8. The van der Waals surface area contributed by atoms with Crippen LogP contribution in [0, 0.1) is 11.6 Å². The van der Waals surface area contributed by atoms with Crippen LogP contribution < -0.4 is 5.32 Å². The Morgan fingerprint density at radius 3 is 2.22 bits per heavy atom. The lowest BCUT2D eigenvalue weighted by Gasteiger charge is -2.22. The third-order valence-electron chi connectivity index (χ3n) is 2.98. The van der Waals surface area contributed by atoms with Crippen molar-refractivity contribution in [2.24, 2.45) is 0 Å². The summed E-state index contributed by atoms with van der Waals surface area (Å²) < 4.78 is 27.2. The molecule has 2 atom stereocenters. The fraction of sp³-hybridized carbons (Fsp3) is 0.571. The largest absolute Gasteiger partial charge is 0.309 e. The Labute approximate surface area is 108 Å². The molecule has 102 valence electrons. The third kappa shape index (κ3) is 4.35. The molecule has 0 amide bonds. The first-order valence-electron chi connectivity index (χ1n) is 6.26. The molecule has 0 aliphatic rings. The Morgan fingerprint density at radius 2 is 1.72 bits per heavy atom. The molecule has 1 aromatic carbocycles. The molecule has 0 fully saturated rings. The van der Waals surface area contributed by atoms with Crippen molar-refractivity contribution in [1.82, 2.24) is 10.2 Å². The summed E-state index contributed by atoms with van der Waals surface area (Å²) >= 11 is 0. The Balaban J connectivity index is 2.62. The van der Waals surface area contributed by atoms with Crippen molar-refractivity contribution < 1.29 is 8.78 Å². The van der Waals surface area contributed by atoms with Crippen molar-refractivity contribution in [1.29, 1.82) is 0 Å². The molecule has 0 radical (unpaired) electrons. The van der Waals surface area contributed by atoms with E-state index in [-0.39, 0.29) is 17.6 Å². The van der Waals surface area contributed by atoms with Gasteiger partial charge in [-0.3, -0.25) is 0 Å². The minimum atomic E-state index is -0.491. The highest BCUT2D eigenvalue weighted by atomic mass is 19.1. The number of halogens is 2. The van der Waals surface area contributed by atoms with Crippen LogP contribution in [0.2, 0.25) is 0 Å². The second kappa shape index (κ2) is 6.81. The molecular weight excluding hydrogens is 234 g/mol. The molecule has 2 unspecified atom stereocenters. The number of hydrogen-bond donors (Lipinski definition) is 1. The predicted octanol–water partition coefficient (Wildman–Crippen LogP) is 2.96. The average Bonchev–Trinajstić information content (AvgIpc) is 2.26. The average molecular weight is 256 g/mol. The maximum Gasteiger partial charge on any atom is 0.130 e. The molecule has 1 aromatic rings. The number of rotatable bonds is 6. The molecule has 18 heavy (non-hydrogen) atoms. The summed E-state index contributed by atoms with van der Waals surface area (Å²) in [5.41, 5.74) is 0.120. The van der Waals surface area contributed by atoms with E-state index < -0.39 is 11.6 Å². The van der Waals surface area contributed by atoms with Crippen LogP contribution in [0.3, 0.4) is 0 Å². The molecule has 0 bridgehead atoms. The molecule has 0 saturated heterocycles. The summed E-state index contributed by atoms with van der Waals surface area (Å²) in [7, 11) is 4.01. The van der Waals surface area contributed by atoms with Gasteiger partial charge in [0.05, 0.1) is 0 Å². The second-order valence-corrected chi connectivity index (χ2v) is 5.02. The van der Waals surface area contributed by atoms with Gasteiger partial charge >= 0.3 is 0 Å². The molecular formula is C14H22F2N2. The van der Waals surface area contributed by atoms with E-state index in [0.29, 0.717) is 0 Å². The molecule has 0 aliphatic heterocycles. The zero-order valence-electron chi connectivity index (χ0n) is 11.5. The van der Waals surface area contributed by atoms with Gasteiger partial charge in [-0.05, 0) is 53.0 Å². The molecule has 2 nitrogen and oxygen atoms in total. The highest BCUT2D eigenvalue weighted by Crippen LogP contribution is 2.20. The number of nitrogens with zero attached hydrogens (tertiary/aromatic N) is 1. The Bertz CT molecular complexity index is 360. The number of nitrogens with one attached hydrogen (secondary N) is 1. The van der Waals surface area contributed by atoms with Gasteiger partial charge in [0.15, 0.2) is 0 Å². The maximum absolute atomic E-state index is 13.6. The third-order valence-corrected chi connectivity index (χ3v) is 2.98. The van der Waals surface area contributed by atoms with Crippen LogP contribution >= 0.6 is 0 Å². The van der Waals surface area contributed by atoms with E-state index in [1.54, 1.807) is 6.92 Å². The lowest BCUT2D eigenvalue weighted by Crippen LogP contribution is -2.32. The van der Waals surface area contributed by atoms with Gasteiger partial charge in [-0.15, -0.1) is 0 Å². The standard InChI is InChI=1S/C14H22F2N2/c1-10(8-9-18(3)4)17-11(2)14-12(15)6-5-7-13(14)16/h5-7,10-11,17H,8-9H2,1-4H3. The van der Waals surface area contributed by atoms with E-state index in [4.69, 9.17) is 0 Å². The Morgan fingerprint density at radius 1 is 1.17 bits per heavy atom. The van der Waals surface area contributed by atoms with E-state index in [9.17, 15) is 8.78 Å². The first-order valence-corrected chi connectivity index (χ1v) is 6.26. The highest BCUT2D eigenvalue weighted by Gasteiger charge is 2.17. The fourth-order valence-corrected chi connectivity index (χ4v) is 1.97. The monoisotopic (exact) mass is 256 g/mol. The van der Waals surface area contributed by atoms with Crippen LogP contribution in [-0.4, -0.2) is 31.6 Å². The Kier molecular flexibility index (Phi) is 5.69. The van der Waals surface area contributed by atoms with Crippen LogP contribution in [0.4, 0.5) is 8.78 Å². The van der Waals surface area contributed by atoms with Crippen molar-refractivity contribution >= 4 is 0 Å². The molecule has 0 heterocycles. The van der Waals surface area contributed by atoms with E-state index in [1.165, 1.54) is 18.2 Å². The van der Waals surface area contributed by atoms with Gasteiger partial charge in [0.1, 0.15) is 11.6 Å². The minimum Gasteiger partial charge on any atom is -0.309 e. The first-order chi connectivity index (χ1) is 8.41. The SMILES string of the molecule is CC(CCN(C)C)NC(C)c1c(F)cccc1F. The van der Waals surface area contributed by atoms with E-state index in [2.05, 4.69) is 10.2 Å². The topological polar surface area (TPSA) is 15.3 Å². The van der Waals surface area contributed by atoms with Crippen molar-refractivity contribution in [3.63, 3.8) is 0 Å². The second-order valence-electron chi connectivity index (χ2n) is 5.02. The lowest BCUT2D eigenvalue weighted by molar-refractivity contribution is 0.350. The highest BCUT2D eigenvalue weighted by molar-refractivity contribution is 5.22. The zero-order valence-corrected chi connectivity index (χ0v) is 11.5. The lowest BCUT2D eigenvalue weighted by atomic mass is 10.1. The molecule has 0 saturated carbocycles. The summed E-state index contributed by atoms with van der Waals surface area (Å²) in [5.74, 6) is -0.982.